The number of benzene rings is 2. The summed E-state index contributed by atoms with van der Waals surface area (Å²) in [6.07, 6.45) is 0. The molecule has 0 spiro atoms. The summed E-state index contributed by atoms with van der Waals surface area (Å²) in [5.41, 5.74) is -0.0520. The van der Waals surface area contributed by atoms with E-state index in [9.17, 15) is 13.2 Å². The minimum atomic E-state index is -3.67. The maximum atomic E-state index is 12.6. The first kappa shape index (κ1) is 21.8. The lowest BCUT2D eigenvalue weighted by atomic mass is 10.1. The molecule has 0 atom stereocenters. The molecule has 2 aromatic carbocycles. The van der Waals surface area contributed by atoms with Crippen molar-refractivity contribution in [2.45, 2.75) is 42.6 Å². The monoisotopic (exact) mass is 426 g/mol. The molecule has 5 nitrogen and oxygen atoms in total. The van der Waals surface area contributed by atoms with Crippen molar-refractivity contribution >= 4 is 39.3 Å². The zero-order valence-corrected chi connectivity index (χ0v) is 17.8. The summed E-state index contributed by atoms with van der Waals surface area (Å²) in [5, 5.41) is 3.42. The van der Waals surface area contributed by atoms with Crippen LogP contribution in [0.3, 0.4) is 0 Å². The molecule has 0 saturated carbocycles. The third-order valence-corrected chi connectivity index (χ3v) is 6.48. The Morgan fingerprint density at radius 3 is 2.33 bits per heavy atom. The maximum Gasteiger partial charge on any atom is 0.241 e. The molecule has 0 aliphatic rings. The molecule has 0 aliphatic heterocycles. The van der Waals surface area contributed by atoms with Gasteiger partial charge in [-0.3, -0.25) is 4.79 Å². The van der Waals surface area contributed by atoms with Crippen LogP contribution in [0.2, 0.25) is 5.02 Å². The molecule has 0 heterocycles. The molecular formula is C19H23ClN2O3S2. The van der Waals surface area contributed by atoms with Gasteiger partial charge in [-0.1, -0.05) is 29.8 Å². The van der Waals surface area contributed by atoms with Crippen LogP contribution in [0.25, 0.3) is 0 Å². The van der Waals surface area contributed by atoms with Crippen LogP contribution in [-0.2, 0) is 21.4 Å². The van der Waals surface area contributed by atoms with Crippen LogP contribution in [0, 0.1) is 0 Å². The lowest BCUT2D eigenvalue weighted by Crippen LogP contribution is -2.41. The lowest BCUT2D eigenvalue weighted by Gasteiger charge is -2.21. The Labute approximate surface area is 169 Å². The number of hydrogen-bond acceptors (Lipinski definition) is 4. The normalized spacial score (nSPS) is 12.0. The largest absolute Gasteiger partial charge is 0.351 e. The highest BCUT2D eigenvalue weighted by molar-refractivity contribution is 8.00. The van der Waals surface area contributed by atoms with E-state index in [1.165, 1.54) is 17.8 Å². The quantitative estimate of drug-likeness (QED) is 0.660. The number of sulfonamides is 1. The highest BCUT2D eigenvalue weighted by Gasteiger charge is 2.24. The Morgan fingerprint density at radius 2 is 1.70 bits per heavy atom. The van der Waals surface area contributed by atoms with Gasteiger partial charge >= 0.3 is 0 Å². The first-order valence-corrected chi connectivity index (χ1v) is 11.2. The van der Waals surface area contributed by atoms with E-state index < -0.39 is 15.6 Å². The smallest absolute Gasteiger partial charge is 0.241 e. The van der Waals surface area contributed by atoms with Gasteiger partial charge in [0.15, 0.2) is 0 Å². The van der Waals surface area contributed by atoms with Crippen molar-refractivity contribution < 1.29 is 13.2 Å². The molecule has 0 aliphatic carbocycles. The number of rotatable bonds is 7. The Kier molecular flexibility index (Phi) is 7.33. The third kappa shape index (κ3) is 7.18. The van der Waals surface area contributed by atoms with E-state index in [1.54, 1.807) is 51.1 Å². The standard InChI is InChI=1S/C19H23ClN2O3S2/c1-19(2,3)22-27(24,25)17-7-5-4-6-14(17)12-21-18(23)13-26-16-10-8-15(20)9-11-16/h4-11,22H,12-13H2,1-3H3,(H,21,23). The second-order valence-corrected chi connectivity index (χ2v) is 10.1. The van der Waals surface area contributed by atoms with Crippen LogP contribution in [0.15, 0.2) is 58.3 Å². The molecule has 146 valence electrons. The Bertz CT molecular complexity index is 892. The lowest BCUT2D eigenvalue weighted by molar-refractivity contribution is -0.118. The van der Waals surface area contributed by atoms with Crippen LogP contribution in [-0.4, -0.2) is 25.6 Å². The molecule has 2 rings (SSSR count). The molecule has 2 aromatic rings. The summed E-state index contributed by atoms with van der Waals surface area (Å²) in [7, 11) is -3.67. The van der Waals surface area contributed by atoms with Crippen molar-refractivity contribution in [2.75, 3.05) is 5.75 Å². The van der Waals surface area contributed by atoms with Gasteiger partial charge in [-0.05, 0) is 56.7 Å². The van der Waals surface area contributed by atoms with Crippen molar-refractivity contribution in [1.82, 2.24) is 10.0 Å². The predicted molar refractivity (Wildman–Crippen MR) is 111 cm³/mol. The van der Waals surface area contributed by atoms with Crippen molar-refractivity contribution in [3.63, 3.8) is 0 Å². The van der Waals surface area contributed by atoms with Crippen LogP contribution < -0.4 is 10.0 Å². The van der Waals surface area contributed by atoms with Gasteiger partial charge < -0.3 is 5.32 Å². The second kappa shape index (κ2) is 9.10. The van der Waals surface area contributed by atoms with Gasteiger partial charge in [0.25, 0.3) is 0 Å². The van der Waals surface area contributed by atoms with E-state index in [2.05, 4.69) is 10.0 Å². The predicted octanol–water partition coefficient (Wildman–Crippen LogP) is 3.83. The molecule has 0 fully saturated rings. The number of nitrogens with one attached hydrogen (secondary N) is 2. The fraction of sp³-hybridized carbons (Fsp3) is 0.316. The fourth-order valence-corrected chi connectivity index (χ4v) is 4.81. The molecular weight excluding hydrogens is 404 g/mol. The minimum Gasteiger partial charge on any atom is -0.351 e. The van der Waals surface area contributed by atoms with Gasteiger partial charge in [0.05, 0.1) is 10.6 Å². The van der Waals surface area contributed by atoms with Gasteiger partial charge in [0.1, 0.15) is 0 Å². The topological polar surface area (TPSA) is 75.3 Å². The summed E-state index contributed by atoms with van der Waals surface area (Å²) in [6, 6.07) is 13.9. The summed E-state index contributed by atoms with van der Waals surface area (Å²) in [5.74, 6) is 0.0579. The number of hydrogen-bond donors (Lipinski definition) is 2. The number of thioether (sulfide) groups is 1. The average molecular weight is 427 g/mol. The molecule has 0 radical (unpaired) electrons. The van der Waals surface area contributed by atoms with Crippen LogP contribution in [0.4, 0.5) is 0 Å². The van der Waals surface area contributed by atoms with E-state index in [4.69, 9.17) is 11.6 Å². The Balaban J connectivity index is 1.99. The molecule has 0 bridgehead atoms. The zero-order valence-electron chi connectivity index (χ0n) is 15.5. The van der Waals surface area contributed by atoms with Crippen LogP contribution in [0.5, 0.6) is 0 Å². The molecule has 1 amide bonds. The minimum absolute atomic E-state index is 0.140. The maximum absolute atomic E-state index is 12.6. The first-order valence-electron chi connectivity index (χ1n) is 8.34. The number of halogens is 1. The molecule has 0 unspecified atom stereocenters. The van der Waals surface area contributed by atoms with Gasteiger partial charge in [-0.2, -0.15) is 0 Å². The SMILES string of the molecule is CC(C)(C)NS(=O)(=O)c1ccccc1CNC(=O)CSc1ccc(Cl)cc1. The van der Waals surface area contributed by atoms with Crippen molar-refractivity contribution in [3.05, 3.63) is 59.1 Å². The van der Waals surface area contributed by atoms with Gasteiger partial charge in [0.2, 0.25) is 15.9 Å². The summed E-state index contributed by atoms with van der Waals surface area (Å²) >= 11 is 7.23. The molecule has 8 heteroatoms. The zero-order chi connectivity index (χ0) is 20.1. The fourth-order valence-electron chi connectivity index (χ4n) is 2.29. The highest BCUT2D eigenvalue weighted by atomic mass is 35.5. The van der Waals surface area contributed by atoms with E-state index in [1.807, 2.05) is 12.1 Å². The van der Waals surface area contributed by atoms with E-state index in [0.29, 0.717) is 10.6 Å². The van der Waals surface area contributed by atoms with Crippen LogP contribution in [0.1, 0.15) is 26.3 Å². The molecule has 0 saturated heterocycles. The number of carbonyl (C=O) groups is 1. The van der Waals surface area contributed by atoms with Gasteiger partial charge in [0, 0.05) is 22.0 Å². The number of carbonyl (C=O) groups excluding carboxylic acids is 1. The second-order valence-electron chi connectivity index (χ2n) is 6.98. The van der Waals surface area contributed by atoms with E-state index >= 15 is 0 Å². The molecule has 0 aromatic heterocycles. The van der Waals surface area contributed by atoms with Crippen molar-refractivity contribution in [1.29, 1.82) is 0 Å². The molecule has 2 N–H and O–H groups in total. The van der Waals surface area contributed by atoms with Gasteiger partial charge in [-0.25, -0.2) is 13.1 Å². The van der Waals surface area contributed by atoms with Gasteiger partial charge in [-0.15, -0.1) is 11.8 Å². The highest BCUT2D eigenvalue weighted by Crippen LogP contribution is 2.21. The molecule has 27 heavy (non-hydrogen) atoms. The summed E-state index contributed by atoms with van der Waals surface area (Å²) < 4.78 is 27.9. The average Bonchev–Trinajstić information content (AvgIpc) is 2.57. The summed E-state index contributed by atoms with van der Waals surface area (Å²) in [4.78, 5) is 13.2. The first-order chi connectivity index (χ1) is 12.6. The Hall–Kier alpha value is -1.54. The third-order valence-electron chi connectivity index (χ3n) is 3.36. The number of amides is 1. The summed E-state index contributed by atoms with van der Waals surface area (Å²) in [6.45, 7) is 5.48. The van der Waals surface area contributed by atoms with E-state index in [0.717, 1.165) is 4.90 Å². The van der Waals surface area contributed by atoms with Crippen molar-refractivity contribution in [3.8, 4) is 0 Å². The van der Waals surface area contributed by atoms with Crippen LogP contribution >= 0.6 is 23.4 Å². The Morgan fingerprint density at radius 1 is 1.07 bits per heavy atom. The van der Waals surface area contributed by atoms with E-state index in [-0.39, 0.29) is 23.1 Å². The van der Waals surface area contributed by atoms with Crippen molar-refractivity contribution in [2.24, 2.45) is 0 Å².